The summed E-state index contributed by atoms with van der Waals surface area (Å²) in [4.78, 5) is 0.707. The predicted molar refractivity (Wildman–Crippen MR) is 51.1 cm³/mol. The largest absolute Gasteiger partial charge is 0.206 e. The maximum absolute atomic E-state index is 12.8. The van der Waals surface area contributed by atoms with Crippen LogP contribution in [0, 0.1) is 16.3 Å². The third-order valence-electron chi connectivity index (χ3n) is 1.15. The van der Waals surface area contributed by atoms with Gasteiger partial charge in [0.1, 0.15) is 5.82 Å². The highest BCUT2D eigenvalue weighted by Crippen LogP contribution is 2.20. The second-order valence-electron chi connectivity index (χ2n) is 2.08. The molecule has 0 saturated carbocycles. The first-order valence-electron chi connectivity index (χ1n) is 2.76. The highest BCUT2D eigenvalue weighted by atomic mass is 127. The van der Waals surface area contributed by atoms with Gasteiger partial charge in [-0.3, -0.25) is 0 Å². The standard InChI is InChI=1S/C7H6FIS/c1-4-2-5(8)7(9)6(10)3-4/h2-3,10H,1H3. The van der Waals surface area contributed by atoms with E-state index in [0.29, 0.717) is 8.47 Å². The summed E-state index contributed by atoms with van der Waals surface area (Å²) < 4.78 is 13.4. The SMILES string of the molecule is Cc1cc(F)c(I)c(S)c1. The summed E-state index contributed by atoms with van der Waals surface area (Å²) in [5, 5.41) is 0. The molecule has 0 aliphatic heterocycles. The van der Waals surface area contributed by atoms with Gasteiger partial charge < -0.3 is 0 Å². The van der Waals surface area contributed by atoms with E-state index in [2.05, 4.69) is 12.6 Å². The Labute approximate surface area is 78.4 Å². The van der Waals surface area contributed by atoms with Crippen molar-refractivity contribution in [2.45, 2.75) is 11.8 Å². The molecule has 0 aliphatic rings. The summed E-state index contributed by atoms with van der Waals surface area (Å²) in [5.74, 6) is -0.189. The third-order valence-corrected chi connectivity index (χ3v) is 3.03. The Balaban J connectivity index is 3.31. The molecule has 0 nitrogen and oxygen atoms in total. The number of benzene rings is 1. The molecule has 0 fully saturated rings. The zero-order valence-corrected chi connectivity index (χ0v) is 8.41. The lowest BCUT2D eigenvalue weighted by molar-refractivity contribution is 0.614. The maximum Gasteiger partial charge on any atom is 0.137 e. The van der Waals surface area contributed by atoms with E-state index < -0.39 is 0 Å². The number of halogens is 2. The lowest BCUT2D eigenvalue weighted by Gasteiger charge is -1.99. The van der Waals surface area contributed by atoms with Crippen molar-refractivity contribution in [3.8, 4) is 0 Å². The minimum absolute atomic E-state index is 0.189. The van der Waals surface area contributed by atoms with Crippen molar-refractivity contribution in [3.05, 3.63) is 27.1 Å². The first kappa shape index (κ1) is 8.33. The fourth-order valence-electron chi connectivity index (χ4n) is 0.706. The molecular weight excluding hydrogens is 262 g/mol. The van der Waals surface area contributed by atoms with Gasteiger partial charge in [-0.05, 0) is 47.2 Å². The van der Waals surface area contributed by atoms with Crippen molar-refractivity contribution < 1.29 is 4.39 Å². The Morgan fingerprint density at radius 3 is 2.60 bits per heavy atom. The minimum atomic E-state index is -0.189. The molecule has 0 unspecified atom stereocenters. The Hall–Kier alpha value is 0.230. The number of rotatable bonds is 0. The topological polar surface area (TPSA) is 0 Å². The van der Waals surface area contributed by atoms with Crippen LogP contribution in [0.1, 0.15) is 5.56 Å². The van der Waals surface area contributed by atoms with Gasteiger partial charge >= 0.3 is 0 Å². The summed E-state index contributed by atoms with van der Waals surface area (Å²) >= 11 is 6.02. The van der Waals surface area contributed by atoms with Crippen molar-refractivity contribution in [1.29, 1.82) is 0 Å². The first-order valence-corrected chi connectivity index (χ1v) is 4.28. The van der Waals surface area contributed by atoms with Gasteiger partial charge in [-0.15, -0.1) is 12.6 Å². The van der Waals surface area contributed by atoms with Crippen LogP contribution in [0.3, 0.4) is 0 Å². The molecule has 0 aromatic heterocycles. The summed E-state index contributed by atoms with van der Waals surface area (Å²) in [6.45, 7) is 1.85. The molecule has 0 amide bonds. The van der Waals surface area contributed by atoms with E-state index >= 15 is 0 Å². The van der Waals surface area contributed by atoms with Crippen molar-refractivity contribution in [2.24, 2.45) is 0 Å². The van der Waals surface area contributed by atoms with Crippen LogP contribution in [-0.2, 0) is 0 Å². The van der Waals surface area contributed by atoms with E-state index in [1.807, 2.05) is 35.6 Å². The normalized spacial score (nSPS) is 10.0. The Bertz CT molecular complexity index is 237. The highest BCUT2D eigenvalue weighted by molar-refractivity contribution is 14.1. The second kappa shape index (κ2) is 3.09. The van der Waals surface area contributed by atoms with Crippen LogP contribution < -0.4 is 0 Å². The molecule has 0 spiro atoms. The summed E-state index contributed by atoms with van der Waals surface area (Å²) in [5.41, 5.74) is 0.905. The first-order chi connectivity index (χ1) is 4.61. The van der Waals surface area contributed by atoms with Crippen LogP contribution in [0.4, 0.5) is 4.39 Å². The van der Waals surface area contributed by atoms with Crippen LogP contribution >= 0.6 is 35.2 Å². The molecule has 0 radical (unpaired) electrons. The molecule has 0 saturated heterocycles. The molecule has 0 N–H and O–H groups in total. The molecule has 1 aromatic rings. The zero-order chi connectivity index (χ0) is 7.72. The van der Waals surface area contributed by atoms with Crippen molar-refractivity contribution in [2.75, 3.05) is 0 Å². The fourth-order valence-corrected chi connectivity index (χ4v) is 1.33. The molecule has 1 aromatic carbocycles. The maximum atomic E-state index is 12.8. The molecule has 10 heavy (non-hydrogen) atoms. The minimum Gasteiger partial charge on any atom is -0.206 e. The third kappa shape index (κ3) is 1.63. The molecule has 0 bridgehead atoms. The van der Waals surface area contributed by atoms with Gasteiger partial charge in [0.05, 0.1) is 3.57 Å². The van der Waals surface area contributed by atoms with Crippen molar-refractivity contribution in [1.82, 2.24) is 0 Å². The van der Waals surface area contributed by atoms with Crippen LogP contribution in [0.25, 0.3) is 0 Å². The Morgan fingerprint density at radius 1 is 1.50 bits per heavy atom. The number of thiol groups is 1. The van der Waals surface area contributed by atoms with Crippen LogP contribution in [0.15, 0.2) is 17.0 Å². The molecule has 54 valence electrons. The lowest BCUT2D eigenvalue weighted by atomic mass is 10.2. The van der Waals surface area contributed by atoms with E-state index in [1.54, 1.807) is 0 Å². The molecule has 0 atom stereocenters. The molecular formula is C7H6FIS. The van der Waals surface area contributed by atoms with E-state index in [9.17, 15) is 4.39 Å². The van der Waals surface area contributed by atoms with Crippen LogP contribution in [0.5, 0.6) is 0 Å². The highest BCUT2D eigenvalue weighted by Gasteiger charge is 2.02. The van der Waals surface area contributed by atoms with Gasteiger partial charge in [0.2, 0.25) is 0 Å². The molecule has 0 aliphatic carbocycles. The van der Waals surface area contributed by atoms with Gasteiger partial charge in [0.15, 0.2) is 0 Å². The van der Waals surface area contributed by atoms with E-state index in [-0.39, 0.29) is 5.82 Å². The van der Waals surface area contributed by atoms with Gasteiger partial charge in [-0.25, -0.2) is 4.39 Å². The lowest BCUT2D eigenvalue weighted by Crippen LogP contribution is -1.85. The molecule has 1 rings (SSSR count). The van der Waals surface area contributed by atoms with Crippen molar-refractivity contribution >= 4 is 35.2 Å². The Morgan fingerprint density at radius 2 is 2.10 bits per heavy atom. The predicted octanol–water partition coefficient (Wildman–Crippen LogP) is 3.03. The monoisotopic (exact) mass is 268 g/mol. The van der Waals surface area contributed by atoms with Gasteiger partial charge in [-0.1, -0.05) is 0 Å². The van der Waals surface area contributed by atoms with Gasteiger partial charge in [0, 0.05) is 4.90 Å². The Kier molecular flexibility index (Phi) is 2.57. The molecule has 0 heterocycles. The number of hydrogen-bond acceptors (Lipinski definition) is 1. The number of hydrogen-bond donors (Lipinski definition) is 1. The average Bonchev–Trinajstić information content (AvgIpc) is 1.82. The van der Waals surface area contributed by atoms with Crippen LogP contribution in [0.2, 0.25) is 0 Å². The van der Waals surface area contributed by atoms with E-state index in [1.165, 1.54) is 6.07 Å². The fraction of sp³-hybridized carbons (Fsp3) is 0.143. The van der Waals surface area contributed by atoms with E-state index in [0.717, 1.165) is 5.56 Å². The van der Waals surface area contributed by atoms with Crippen molar-refractivity contribution in [3.63, 3.8) is 0 Å². The zero-order valence-electron chi connectivity index (χ0n) is 5.36. The summed E-state index contributed by atoms with van der Waals surface area (Å²) in [6.07, 6.45) is 0. The second-order valence-corrected chi connectivity index (χ2v) is 3.64. The quantitative estimate of drug-likeness (QED) is 0.542. The summed E-state index contributed by atoms with van der Waals surface area (Å²) in [7, 11) is 0. The van der Waals surface area contributed by atoms with E-state index in [4.69, 9.17) is 0 Å². The number of aryl methyl sites for hydroxylation is 1. The molecule has 3 heteroatoms. The van der Waals surface area contributed by atoms with Crippen LogP contribution in [-0.4, -0.2) is 0 Å². The summed E-state index contributed by atoms with van der Waals surface area (Å²) in [6, 6.07) is 3.34. The smallest absolute Gasteiger partial charge is 0.137 e. The average molecular weight is 268 g/mol. The van der Waals surface area contributed by atoms with Gasteiger partial charge in [0.25, 0.3) is 0 Å². The van der Waals surface area contributed by atoms with Gasteiger partial charge in [-0.2, -0.15) is 0 Å².